The fraction of sp³-hybridized carbons (Fsp3) is 0.682. The van der Waals surface area contributed by atoms with E-state index in [0.717, 1.165) is 43.9 Å². The summed E-state index contributed by atoms with van der Waals surface area (Å²) in [5.74, 6) is 2.16. The number of benzene rings is 1. The lowest BCUT2D eigenvalue weighted by molar-refractivity contribution is -0.134. The van der Waals surface area contributed by atoms with Crippen molar-refractivity contribution in [3.05, 3.63) is 29.8 Å². The van der Waals surface area contributed by atoms with E-state index >= 15 is 0 Å². The van der Waals surface area contributed by atoms with Crippen LogP contribution >= 0.6 is 0 Å². The van der Waals surface area contributed by atoms with Crippen LogP contribution in [0.5, 0.6) is 5.75 Å². The normalized spacial score (nSPS) is 21.8. The van der Waals surface area contributed by atoms with Gasteiger partial charge >= 0.3 is 0 Å². The van der Waals surface area contributed by atoms with E-state index in [-0.39, 0.29) is 12.0 Å². The minimum Gasteiger partial charge on any atom is -0.497 e. The van der Waals surface area contributed by atoms with Crippen LogP contribution in [0.25, 0.3) is 0 Å². The van der Waals surface area contributed by atoms with E-state index in [1.807, 2.05) is 23.1 Å². The van der Waals surface area contributed by atoms with Crippen LogP contribution in [0.4, 0.5) is 0 Å². The van der Waals surface area contributed by atoms with Crippen molar-refractivity contribution in [1.29, 1.82) is 0 Å². The Balaban J connectivity index is 1.64. The quantitative estimate of drug-likeness (QED) is 0.759. The molecule has 0 aliphatic carbocycles. The number of hydrogen-bond donors (Lipinski definition) is 1. The number of ether oxygens (including phenoxy) is 2. The molecule has 1 aromatic carbocycles. The molecule has 2 atom stereocenters. The molecule has 27 heavy (non-hydrogen) atoms. The summed E-state index contributed by atoms with van der Waals surface area (Å²) in [6, 6.07) is 8.01. The second kappa shape index (κ2) is 10.1. The lowest BCUT2D eigenvalue weighted by atomic mass is 9.84. The maximum atomic E-state index is 13.2. The monoisotopic (exact) mass is 374 g/mol. The molecule has 0 saturated carbocycles. The second-order valence-electron chi connectivity index (χ2n) is 8.03. The van der Waals surface area contributed by atoms with Gasteiger partial charge in [-0.05, 0) is 68.3 Å². The fourth-order valence-electron chi connectivity index (χ4n) is 4.26. The number of nitrogens with zero attached hydrogens (tertiary/aromatic N) is 1. The number of piperidine rings is 1. The molecule has 1 amide bonds. The van der Waals surface area contributed by atoms with Gasteiger partial charge in [-0.1, -0.05) is 19.1 Å². The Kier molecular flexibility index (Phi) is 7.53. The summed E-state index contributed by atoms with van der Waals surface area (Å²) >= 11 is 0. The van der Waals surface area contributed by atoms with E-state index in [9.17, 15) is 4.79 Å². The van der Waals surface area contributed by atoms with Crippen LogP contribution in [0.15, 0.2) is 24.3 Å². The van der Waals surface area contributed by atoms with Gasteiger partial charge in [0.2, 0.25) is 5.91 Å². The highest BCUT2D eigenvalue weighted by Gasteiger charge is 2.27. The zero-order valence-corrected chi connectivity index (χ0v) is 16.8. The van der Waals surface area contributed by atoms with Crippen molar-refractivity contribution in [2.24, 2.45) is 11.8 Å². The summed E-state index contributed by atoms with van der Waals surface area (Å²) in [5.41, 5.74) is 1.11. The van der Waals surface area contributed by atoms with Gasteiger partial charge < -0.3 is 19.7 Å². The molecule has 1 N–H and O–H groups in total. The second-order valence-corrected chi connectivity index (χ2v) is 8.03. The van der Waals surface area contributed by atoms with E-state index in [2.05, 4.69) is 18.3 Å². The molecule has 1 aromatic rings. The van der Waals surface area contributed by atoms with E-state index in [1.165, 1.54) is 12.8 Å². The standard InChI is InChI=1S/C22H34N2O3/c1-17(19-8-10-23-11-9-19)13-22(25)24(16-21-7-4-12-27-21)15-18-5-3-6-20(14-18)26-2/h3,5-6,14,17,19,21,23H,4,7-13,15-16H2,1-2H3. The maximum absolute atomic E-state index is 13.2. The minimum absolute atomic E-state index is 0.175. The molecule has 2 saturated heterocycles. The molecular weight excluding hydrogens is 340 g/mol. The molecular formula is C22H34N2O3. The lowest BCUT2D eigenvalue weighted by Crippen LogP contribution is -2.39. The van der Waals surface area contributed by atoms with Crippen LogP contribution in [0, 0.1) is 11.8 Å². The SMILES string of the molecule is COc1cccc(CN(CC2CCCO2)C(=O)CC(C)C2CCNCC2)c1. The number of rotatable bonds is 8. The molecule has 2 aliphatic rings. The van der Waals surface area contributed by atoms with Crippen molar-refractivity contribution < 1.29 is 14.3 Å². The topological polar surface area (TPSA) is 50.8 Å². The van der Waals surface area contributed by atoms with Crippen molar-refractivity contribution in [3.63, 3.8) is 0 Å². The molecule has 2 fully saturated rings. The molecule has 150 valence electrons. The Labute approximate surface area is 163 Å². The molecule has 0 aromatic heterocycles. The maximum Gasteiger partial charge on any atom is 0.223 e. The molecule has 2 aliphatic heterocycles. The van der Waals surface area contributed by atoms with Gasteiger partial charge in [-0.25, -0.2) is 0 Å². The third-order valence-corrected chi connectivity index (χ3v) is 5.99. The Morgan fingerprint density at radius 1 is 1.33 bits per heavy atom. The summed E-state index contributed by atoms with van der Waals surface area (Å²) in [4.78, 5) is 15.2. The molecule has 0 bridgehead atoms. The first-order valence-corrected chi connectivity index (χ1v) is 10.4. The average molecular weight is 375 g/mol. The molecule has 0 spiro atoms. The summed E-state index contributed by atoms with van der Waals surface area (Å²) in [6.07, 6.45) is 5.30. The van der Waals surface area contributed by atoms with Gasteiger partial charge in [-0.2, -0.15) is 0 Å². The Morgan fingerprint density at radius 3 is 2.85 bits per heavy atom. The van der Waals surface area contributed by atoms with Crippen molar-refractivity contribution in [2.75, 3.05) is 33.4 Å². The van der Waals surface area contributed by atoms with Crippen molar-refractivity contribution in [1.82, 2.24) is 10.2 Å². The van der Waals surface area contributed by atoms with Gasteiger partial charge in [0.1, 0.15) is 5.75 Å². The summed E-state index contributed by atoms with van der Waals surface area (Å²) in [6.45, 7) is 6.52. The predicted molar refractivity (Wildman–Crippen MR) is 107 cm³/mol. The largest absolute Gasteiger partial charge is 0.497 e. The van der Waals surface area contributed by atoms with Gasteiger partial charge in [0.15, 0.2) is 0 Å². The number of amides is 1. The van der Waals surface area contributed by atoms with Gasteiger partial charge in [0.05, 0.1) is 13.2 Å². The summed E-state index contributed by atoms with van der Waals surface area (Å²) < 4.78 is 11.2. The highest BCUT2D eigenvalue weighted by molar-refractivity contribution is 5.76. The molecule has 2 heterocycles. The summed E-state index contributed by atoms with van der Waals surface area (Å²) in [7, 11) is 1.68. The summed E-state index contributed by atoms with van der Waals surface area (Å²) in [5, 5.41) is 3.41. The third-order valence-electron chi connectivity index (χ3n) is 5.99. The van der Waals surface area contributed by atoms with E-state index in [0.29, 0.717) is 31.3 Å². The lowest BCUT2D eigenvalue weighted by Gasteiger charge is -2.31. The van der Waals surface area contributed by atoms with Crippen molar-refractivity contribution in [2.45, 2.75) is 51.7 Å². The Morgan fingerprint density at radius 2 is 2.15 bits per heavy atom. The van der Waals surface area contributed by atoms with E-state index in [4.69, 9.17) is 9.47 Å². The van der Waals surface area contributed by atoms with Gasteiger partial charge in [-0.3, -0.25) is 4.79 Å². The number of hydrogen-bond acceptors (Lipinski definition) is 4. The van der Waals surface area contributed by atoms with E-state index < -0.39 is 0 Å². The molecule has 5 heteroatoms. The number of carbonyl (C=O) groups excluding carboxylic acids is 1. The van der Waals surface area contributed by atoms with E-state index in [1.54, 1.807) is 7.11 Å². The first-order chi connectivity index (χ1) is 13.2. The van der Waals surface area contributed by atoms with Crippen LogP contribution in [0.2, 0.25) is 0 Å². The fourth-order valence-corrected chi connectivity index (χ4v) is 4.26. The third kappa shape index (κ3) is 5.94. The van der Waals surface area contributed by atoms with Crippen LogP contribution in [-0.2, 0) is 16.1 Å². The van der Waals surface area contributed by atoms with Gasteiger partial charge in [-0.15, -0.1) is 0 Å². The van der Waals surface area contributed by atoms with Crippen molar-refractivity contribution in [3.8, 4) is 5.75 Å². The van der Waals surface area contributed by atoms with Crippen LogP contribution < -0.4 is 10.1 Å². The molecule has 0 radical (unpaired) electrons. The molecule has 5 nitrogen and oxygen atoms in total. The number of methoxy groups -OCH3 is 1. The highest BCUT2D eigenvalue weighted by atomic mass is 16.5. The number of nitrogens with one attached hydrogen (secondary N) is 1. The Hall–Kier alpha value is -1.59. The van der Waals surface area contributed by atoms with Gasteiger partial charge in [0, 0.05) is 26.1 Å². The average Bonchev–Trinajstić information content (AvgIpc) is 3.21. The van der Waals surface area contributed by atoms with Crippen LogP contribution in [0.3, 0.4) is 0 Å². The Bertz CT molecular complexity index is 595. The first kappa shape index (κ1) is 20.2. The zero-order valence-electron chi connectivity index (χ0n) is 16.8. The first-order valence-electron chi connectivity index (χ1n) is 10.4. The minimum atomic E-state index is 0.175. The smallest absolute Gasteiger partial charge is 0.223 e. The van der Waals surface area contributed by atoms with Crippen LogP contribution in [-0.4, -0.2) is 50.3 Å². The number of carbonyl (C=O) groups is 1. The van der Waals surface area contributed by atoms with Gasteiger partial charge in [0.25, 0.3) is 0 Å². The van der Waals surface area contributed by atoms with Crippen LogP contribution in [0.1, 0.15) is 44.6 Å². The molecule has 2 unspecified atom stereocenters. The highest BCUT2D eigenvalue weighted by Crippen LogP contribution is 2.26. The molecule has 3 rings (SSSR count). The predicted octanol–water partition coefficient (Wildman–Crippen LogP) is 3.23. The van der Waals surface area contributed by atoms with Crippen molar-refractivity contribution >= 4 is 5.91 Å². The zero-order chi connectivity index (χ0) is 19.1.